The number of nitrogens with one attached hydrogen (secondary N) is 2. The van der Waals surface area contributed by atoms with Crippen molar-refractivity contribution in [3.8, 4) is 11.5 Å². The van der Waals surface area contributed by atoms with E-state index in [2.05, 4.69) is 51.8 Å². The van der Waals surface area contributed by atoms with E-state index < -0.39 is 0 Å². The summed E-state index contributed by atoms with van der Waals surface area (Å²) >= 11 is 0. The van der Waals surface area contributed by atoms with Crippen molar-refractivity contribution < 1.29 is 9.47 Å². The molecule has 2 aromatic carbocycles. The molecule has 0 radical (unpaired) electrons. The molecule has 0 saturated heterocycles. The van der Waals surface area contributed by atoms with Crippen LogP contribution in [-0.4, -0.2) is 16.8 Å². The summed E-state index contributed by atoms with van der Waals surface area (Å²) in [7, 11) is 0. The third-order valence-corrected chi connectivity index (χ3v) is 3.91. The lowest BCUT2D eigenvalue weighted by Crippen LogP contribution is -2.03. The third-order valence-electron chi connectivity index (χ3n) is 3.91. The molecule has 0 amide bonds. The van der Waals surface area contributed by atoms with Crippen LogP contribution >= 0.6 is 0 Å². The summed E-state index contributed by atoms with van der Waals surface area (Å²) in [5, 5.41) is 6.57. The molecule has 2 heterocycles. The fourth-order valence-corrected chi connectivity index (χ4v) is 2.54. The Kier molecular flexibility index (Phi) is 4.08. The Bertz CT molecular complexity index is 881. The molecule has 0 aliphatic carbocycles. The van der Waals surface area contributed by atoms with Gasteiger partial charge < -0.3 is 20.1 Å². The molecule has 1 aromatic heterocycles. The summed E-state index contributed by atoms with van der Waals surface area (Å²) in [5.41, 5.74) is 3.34. The first-order chi connectivity index (χ1) is 12.3. The van der Waals surface area contributed by atoms with Crippen LogP contribution in [-0.2, 0) is 6.54 Å². The zero-order valence-electron chi connectivity index (χ0n) is 13.8. The Morgan fingerprint density at radius 3 is 2.60 bits per heavy atom. The van der Waals surface area contributed by atoms with Crippen molar-refractivity contribution >= 4 is 17.3 Å². The second-order valence-corrected chi connectivity index (χ2v) is 5.82. The van der Waals surface area contributed by atoms with Gasteiger partial charge in [-0.1, -0.05) is 29.8 Å². The van der Waals surface area contributed by atoms with Gasteiger partial charge in [0.25, 0.3) is 0 Å². The van der Waals surface area contributed by atoms with E-state index in [0.29, 0.717) is 12.4 Å². The smallest absolute Gasteiger partial charge is 0.231 e. The first kappa shape index (κ1) is 15.3. The van der Waals surface area contributed by atoms with Gasteiger partial charge in [0.15, 0.2) is 11.5 Å². The number of nitrogens with zero attached hydrogens (tertiary/aromatic N) is 2. The maximum absolute atomic E-state index is 5.39. The van der Waals surface area contributed by atoms with Crippen LogP contribution in [0.4, 0.5) is 17.3 Å². The van der Waals surface area contributed by atoms with Crippen molar-refractivity contribution in [1.29, 1.82) is 0 Å². The van der Waals surface area contributed by atoms with E-state index in [1.807, 2.05) is 24.3 Å². The molecule has 1 aliphatic heterocycles. The number of hydrogen-bond donors (Lipinski definition) is 2. The van der Waals surface area contributed by atoms with Crippen LogP contribution in [0.25, 0.3) is 0 Å². The molecule has 6 heteroatoms. The zero-order valence-corrected chi connectivity index (χ0v) is 13.8. The first-order valence-corrected chi connectivity index (χ1v) is 8.04. The molecule has 0 unspecified atom stereocenters. The second kappa shape index (κ2) is 6.68. The fourth-order valence-electron chi connectivity index (χ4n) is 2.54. The molecule has 0 atom stereocenters. The Labute approximate surface area is 145 Å². The Morgan fingerprint density at radius 1 is 0.920 bits per heavy atom. The van der Waals surface area contributed by atoms with Crippen LogP contribution in [0.2, 0.25) is 0 Å². The van der Waals surface area contributed by atoms with Crippen molar-refractivity contribution in [2.45, 2.75) is 13.5 Å². The summed E-state index contributed by atoms with van der Waals surface area (Å²) < 4.78 is 10.7. The Balaban J connectivity index is 1.43. The largest absolute Gasteiger partial charge is 0.454 e. The predicted octanol–water partition coefficient (Wildman–Crippen LogP) is 3.87. The molecular formula is C19H18N4O2. The van der Waals surface area contributed by atoms with Crippen molar-refractivity contribution in [2.75, 3.05) is 17.4 Å². The quantitative estimate of drug-likeness (QED) is 0.738. The van der Waals surface area contributed by atoms with Gasteiger partial charge in [-0.25, -0.2) is 9.97 Å². The van der Waals surface area contributed by atoms with Crippen molar-refractivity contribution in [3.05, 3.63) is 66.0 Å². The Morgan fingerprint density at radius 2 is 1.72 bits per heavy atom. The Hall–Kier alpha value is -3.28. The van der Waals surface area contributed by atoms with Crippen molar-refractivity contribution in [2.24, 2.45) is 0 Å². The summed E-state index contributed by atoms with van der Waals surface area (Å²) in [4.78, 5) is 8.53. The van der Waals surface area contributed by atoms with Gasteiger partial charge in [-0.05, 0) is 24.6 Å². The van der Waals surface area contributed by atoms with Gasteiger partial charge >= 0.3 is 0 Å². The van der Waals surface area contributed by atoms with Crippen molar-refractivity contribution in [1.82, 2.24) is 9.97 Å². The number of aryl methyl sites for hydroxylation is 1. The maximum atomic E-state index is 5.39. The topological polar surface area (TPSA) is 68.3 Å². The predicted molar refractivity (Wildman–Crippen MR) is 96.4 cm³/mol. The normalized spacial score (nSPS) is 12.0. The fraction of sp³-hybridized carbons (Fsp3) is 0.158. The summed E-state index contributed by atoms with van der Waals surface area (Å²) in [6.45, 7) is 3.05. The number of benzene rings is 2. The number of rotatable bonds is 5. The highest BCUT2D eigenvalue weighted by Crippen LogP contribution is 2.34. The molecular weight excluding hydrogens is 316 g/mol. The van der Waals surface area contributed by atoms with Gasteiger partial charge in [-0.15, -0.1) is 0 Å². The highest BCUT2D eigenvalue weighted by Gasteiger charge is 2.13. The molecule has 2 N–H and O–H groups in total. The van der Waals surface area contributed by atoms with E-state index in [-0.39, 0.29) is 6.79 Å². The minimum Gasteiger partial charge on any atom is -0.454 e. The average molecular weight is 334 g/mol. The number of anilines is 3. The van der Waals surface area contributed by atoms with Gasteiger partial charge in [-0.3, -0.25) is 0 Å². The molecule has 0 spiro atoms. The molecule has 25 heavy (non-hydrogen) atoms. The standard InChI is InChI=1S/C19H18N4O2/c1-13-2-4-14(5-3-13)10-20-18-9-19(22-11-21-18)23-15-6-7-16-17(8-15)25-12-24-16/h2-9,11H,10,12H2,1H3,(H2,20,21,22,23). The SMILES string of the molecule is Cc1ccc(CNc2cc(Nc3ccc4c(c3)OCO4)ncn2)cc1. The monoisotopic (exact) mass is 334 g/mol. The van der Waals surface area contributed by atoms with E-state index in [1.165, 1.54) is 17.5 Å². The summed E-state index contributed by atoms with van der Waals surface area (Å²) in [6, 6.07) is 16.0. The van der Waals surface area contributed by atoms with Crippen LogP contribution in [0, 0.1) is 6.92 Å². The molecule has 6 nitrogen and oxygen atoms in total. The molecule has 0 saturated carbocycles. The van der Waals surface area contributed by atoms with E-state index in [0.717, 1.165) is 23.0 Å². The van der Waals surface area contributed by atoms with E-state index >= 15 is 0 Å². The van der Waals surface area contributed by atoms with Crippen LogP contribution < -0.4 is 20.1 Å². The average Bonchev–Trinajstić information content (AvgIpc) is 3.09. The highest BCUT2D eigenvalue weighted by atomic mass is 16.7. The zero-order chi connectivity index (χ0) is 17.1. The summed E-state index contributed by atoms with van der Waals surface area (Å²) in [6.07, 6.45) is 1.53. The first-order valence-electron chi connectivity index (χ1n) is 8.04. The lowest BCUT2D eigenvalue weighted by atomic mass is 10.1. The lowest BCUT2D eigenvalue weighted by Gasteiger charge is -2.09. The van der Waals surface area contributed by atoms with E-state index in [4.69, 9.17) is 9.47 Å². The molecule has 0 fully saturated rings. The molecule has 4 rings (SSSR count). The number of hydrogen-bond acceptors (Lipinski definition) is 6. The second-order valence-electron chi connectivity index (χ2n) is 5.82. The highest BCUT2D eigenvalue weighted by molar-refractivity contribution is 5.63. The minimum absolute atomic E-state index is 0.263. The van der Waals surface area contributed by atoms with E-state index in [1.54, 1.807) is 0 Å². The van der Waals surface area contributed by atoms with Crippen LogP contribution in [0.15, 0.2) is 54.9 Å². The molecule has 0 bridgehead atoms. The third kappa shape index (κ3) is 3.63. The minimum atomic E-state index is 0.263. The van der Waals surface area contributed by atoms with Crippen LogP contribution in [0.3, 0.4) is 0 Å². The van der Waals surface area contributed by atoms with Gasteiger partial charge in [0.05, 0.1) is 0 Å². The van der Waals surface area contributed by atoms with Gasteiger partial charge in [0.1, 0.15) is 18.0 Å². The van der Waals surface area contributed by atoms with Gasteiger partial charge in [0, 0.05) is 24.4 Å². The van der Waals surface area contributed by atoms with Crippen LogP contribution in [0.1, 0.15) is 11.1 Å². The number of ether oxygens (including phenoxy) is 2. The molecule has 3 aromatic rings. The lowest BCUT2D eigenvalue weighted by molar-refractivity contribution is 0.174. The van der Waals surface area contributed by atoms with Gasteiger partial charge in [-0.2, -0.15) is 0 Å². The number of aromatic nitrogens is 2. The molecule has 1 aliphatic rings. The summed E-state index contributed by atoms with van der Waals surface area (Å²) in [5.74, 6) is 2.96. The van der Waals surface area contributed by atoms with Crippen molar-refractivity contribution in [3.63, 3.8) is 0 Å². The number of fused-ring (bicyclic) bond motifs is 1. The van der Waals surface area contributed by atoms with E-state index in [9.17, 15) is 0 Å². The van der Waals surface area contributed by atoms with Crippen LogP contribution in [0.5, 0.6) is 11.5 Å². The maximum Gasteiger partial charge on any atom is 0.231 e. The molecule has 126 valence electrons. The van der Waals surface area contributed by atoms with Gasteiger partial charge in [0.2, 0.25) is 6.79 Å².